The Kier molecular flexibility index (Phi) is 21.4. The fourth-order valence-electron chi connectivity index (χ4n) is 9.93. The van der Waals surface area contributed by atoms with Gasteiger partial charge in [-0.1, -0.05) is 46.4 Å². The van der Waals surface area contributed by atoms with E-state index >= 15 is 8.78 Å². The van der Waals surface area contributed by atoms with E-state index in [1.165, 1.54) is 24.3 Å². The van der Waals surface area contributed by atoms with Gasteiger partial charge in [0.1, 0.15) is 12.2 Å². The number of urea groups is 2. The van der Waals surface area contributed by atoms with Crippen molar-refractivity contribution >= 4 is 78.5 Å². The van der Waals surface area contributed by atoms with Crippen molar-refractivity contribution in [1.82, 2.24) is 40.5 Å². The van der Waals surface area contributed by atoms with Crippen LogP contribution < -0.4 is 40.2 Å². The standard InChI is InChI=1S/C52H64Cl4F2N8O10S2/c53-33-25-41-39(43(55)27-33)5-9-47(41)75-49-7-3-37(29-45(49)57)77(69,70)63-35-11-17-65(31-35)19-23-73-21-15-61-51(67)59-13-1-2-14-60-52(68)62-16-22-74-24-20-66-18-12-36(32-66)64-78(71,72)38-4-8-50(46(58)30-38)76-48-10-6-40-42(48)26-34(54)28-44(40)56/h3-4,7-8,25-30,35-36,47-48,63-64H,1-2,5-6,9-24,31-32H2,(H2,59,61,67)(H2,60,62,68)/t35-,36-,47+,48+/m0/s1. The molecule has 78 heavy (non-hydrogen) atoms. The Hall–Kier alpha value is -4.30. The number of likely N-dealkylation sites (tertiary alicyclic amines) is 2. The molecular weight excluding hydrogens is 1140 g/mol. The van der Waals surface area contributed by atoms with Gasteiger partial charge in [-0.3, -0.25) is 9.80 Å². The highest BCUT2D eigenvalue weighted by molar-refractivity contribution is 7.89. The second kappa shape index (κ2) is 27.9. The molecule has 2 saturated heterocycles. The predicted octanol–water partition coefficient (Wildman–Crippen LogP) is 7.53. The highest BCUT2D eigenvalue weighted by Gasteiger charge is 2.32. The van der Waals surface area contributed by atoms with Gasteiger partial charge in [0.05, 0.1) is 36.2 Å². The van der Waals surface area contributed by atoms with Gasteiger partial charge >= 0.3 is 12.1 Å². The highest BCUT2D eigenvalue weighted by atomic mass is 35.5. The number of rotatable bonds is 27. The van der Waals surface area contributed by atoms with Gasteiger partial charge in [-0.05, 0) is 147 Å². The summed E-state index contributed by atoms with van der Waals surface area (Å²) in [4.78, 5) is 28.2. The van der Waals surface area contributed by atoms with Gasteiger partial charge in [0.2, 0.25) is 20.0 Å². The number of sulfonamides is 2. The minimum Gasteiger partial charge on any atom is -0.483 e. The predicted molar refractivity (Wildman–Crippen MR) is 293 cm³/mol. The number of hydrogen-bond acceptors (Lipinski definition) is 12. The van der Waals surface area contributed by atoms with Crippen LogP contribution in [0.25, 0.3) is 0 Å². The lowest BCUT2D eigenvalue weighted by molar-refractivity contribution is 0.113. The van der Waals surface area contributed by atoms with Gasteiger partial charge in [-0.2, -0.15) is 0 Å². The second-order valence-corrected chi connectivity index (χ2v) is 24.6. The van der Waals surface area contributed by atoms with Crippen LogP contribution in [0.1, 0.15) is 73.0 Å². The molecule has 4 atom stereocenters. The fraction of sp³-hybridized carbons (Fsp3) is 0.500. The minimum absolute atomic E-state index is 0.0604. The molecule has 0 saturated carbocycles. The first-order valence-electron chi connectivity index (χ1n) is 26.0. The van der Waals surface area contributed by atoms with Gasteiger partial charge in [-0.15, -0.1) is 0 Å². The first-order valence-corrected chi connectivity index (χ1v) is 30.4. The normalized spacial score (nSPS) is 19.4. The molecule has 18 nitrogen and oxygen atoms in total. The van der Waals surface area contributed by atoms with E-state index in [0.29, 0.717) is 150 Å². The number of ether oxygens (including phenoxy) is 4. The number of hydrogen-bond donors (Lipinski definition) is 6. The Labute approximate surface area is 473 Å². The Morgan fingerprint density at radius 2 is 0.962 bits per heavy atom. The molecular formula is C52H64Cl4F2N8O10S2. The molecule has 8 rings (SSSR count). The average Bonchev–Trinajstić information content (AvgIpc) is 4.23. The SMILES string of the molecule is O=C(NCCCCNC(=O)NCCOCCN1CC[C@H](NS(=O)(=O)c2ccc(O[C@@H]3CCc4c(Cl)cc(Cl)cc43)c(F)c2)C1)NCCOCCN1CC[C@H](NS(=O)(=O)c2ccc(O[C@@H]3CCc4c(Cl)cc(Cl)cc43)c(F)c2)C1. The Balaban J connectivity index is 0.592. The summed E-state index contributed by atoms with van der Waals surface area (Å²) in [5.74, 6) is -1.70. The number of amides is 4. The number of carbonyl (C=O) groups excluding carboxylic acids is 2. The quantitative estimate of drug-likeness (QED) is 0.0320. The van der Waals surface area contributed by atoms with E-state index in [1.54, 1.807) is 24.3 Å². The third kappa shape index (κ3) is 16.7. The number of nitrogens with one attached hydrogen (secondary N) is 6. The van der Waals surface area contributed by atoms with Crippen molar-refractivity contribution in [1.29, 1.82) is 0 Å². The molecule has 6 N–H and O–H groups in total. The van der Waals surface area contributed by atoms with Crippen molar-refractivity contribution in [3.8, 4) is 11.5 Å². The molecule has 2 aliphatic carbocycles. The molecule has 0 radical (unpaired) electrons. The van der Waals surface area contributed by atoms with Crippen LogP contribution in [0.3, 0.4) is 0 Å². The van der Waals surface area contributed by atoms with Crippen molar-refractivity contribution in [2.75, 3.05) is 91.9 Å². The summed E-state index contributed by atoms with van der Waals surface area (Å²) >= 11 is 25.0. The first-order chi connectivity index (χ1) is 37.4. The molecule has 4 aliphatic rings. The van der Waals surface area contributed by atoms with Gasteiger partial charge < -0.3 is 40.2 Å². The van der Waals surface area contributed by atoms with Crippen molar-refractivity contribution in [2.24, 2.45) is 0 Å². The zero-order valence-corrected chi connectivity index (χ0v) is 47.4. The lowest BCUT2D eigenvalue weighted by Gasteiger charge is -2.18. The number of carbonyl (C=O) groups is 2. The molecule has 4 aromatic rings. The number of halogens is 6. The maximum atomic E-state index is 15.2. The summed E-state index contributed by atoms with van der Waals surface area (Å²) in [6, 6.07) is 12.7. The van der Waals surface area contributed by atoms with Gasteiger partial charge in [0, 0.05) is 84.5 Å². The van der Waals surface area contributed by atoms with E-state index in [1.807, 2.05) is 0 Å². The Morgan fingerprint density at radius 1 is 0.551 bits per heavy atom. The molecule has 0 bridgehead atoms. The smallest absolute Gasteiger partial charge is 0.314 e. The van der Waals surface area contributed by atoms with Gasteiger partial charge in [0.25, 0.3) is 0 Å². The monoisotopic (exact) mass is 1200 g/mol. The number of benzene rings is 4. The van der Waals surface area contributed by atoms with E-state index < -0.39 is 43.9 Å². The average molecular weight is 1210 g/mol. The lowest BCUT2D eigenvalue weighted by Crippen LogP contribution is -2.39. The van der Waals surface area contributed by atoms with Crippen molar-refractivity contribution in [2.45, 2.75) is 85.4 Å². The van der Waals surface area contributed by atoms with E-state index in [-0.39, 0.29) is 58.6 Å². The molecule has 426 valence electrons. The van der Waals surface area contributed by atoms with Crippen LogP contribution in [0.15, 0.2) is 70.5 Å². The molecule has 2 fully saturated rings. The van der Waals surface area contributed by atoms with E-state index in [9.17, 15) is 26.4 Å². The highest BCUT2D eigenvalue weighted by Crippen LogP contribution is 2.42. The van der Waals surface area contributed by atoms with Crippen LogP contribution in [-0.4, -0.2) is 143 Å². The van der Waals surface area contributed by atoms with Crippen LogP contribution in [0.4, 0.5) is 18.4 Å². The zero-order chi connectivity index (χ0) is 55.4. The van der Waals surface area contributed by atoms with Gasteiger partial charge in [-0.25, -0.2) is 44.6 Å². The molecule has 26 heteroatoms. The van der Waals surface area contributed by atoms with Crippen molar-refractivity contribution in [3.63, 3.8) is 0 Å². The first kappa shape index (κ1) is 59.8. The summed E-state index contributed by atoms with van der Waals surface area (Å²) in [6.45, 7) is 6.13. The van der Waals surface area contributed by atoms with Crippen LogP contribution >= 0.6 is 46.4 Å². The summed E-state index contributed by atoms with van der Waals surface area (Å²) in [5.41, 5.74) is 3.40. The lowest BCUT2D eigenvalue weighted by atomic mass is 10.1. The molecule has 4 aromatic carbocycles. The van der Waals surface area contributed by atoms with E-state index in [4.69, 9.17) is 65.4 Å². The summed E-state index contributed by atoms with van der Waals surface area (Å²) in [7, 11) is -8.00. The summed E-state index contributed by atoms with van der Waals surface area (Å²) in [5, 5.41) is 13.0. The second-order valence-electron chi connectivity index (χ2n) is 19.5. The van der Waals surface area contributed by atoms with Crippen LogP contribution in [0, 0.1) is 11.6 Å². The molecule has 2 aliphatic heterocycles. The molecule has 0 aromatic heterocycles. The summed E-state index contributed by atoms with van der Waals surface area (Å²) in [6.07, 6.45) is 4.02. The molecule has 2 heterocycles. The van der Waals surface area contributed by atoms with Crippen LogP contribution in [0.2, 0.25) is 20.1 Å². The van der Waals surface area contributed by atoms with Crippen LogP contribution in [-0.2, 0) is 42.4 Å². The summed E-state index contributed by atoms with van der Waals surface area (Å²) < 4.78 is 112. The Morgan fingerprint density at radius 3 is 1.37 bits per heavy atom. The van der Waals surface area contributed by atoms with E-state index in [0.717, 1.165) is 34.4 Å². The third-order valence-electron chi connectivity index (χ3n) is 13.9. The largest absolute Gasteiger partial charge is 0.483 e. The topological polar surface area (TPSA) is 218 Å². The van der Waals surface area contributed by atoms with Crippen molar-refractivity contribution < 1.29 is 54.2 Å². The maximum Gasteiger partial charge on any atom is 0.314 e. The third-order valence-corrected chi connectivity index (χ3v) is 18.0. The number of nitrogens with zero attached hydrogens (tertiary/aromatic N) is 2. The maximum absolute atomic E-state index is 15.2. The van der Waals surface area contributed by atoms with E-state index in [2.05, 4.69) is 40.5 Å². The number of fused-ring (bicyclic) bond motifs is 2. The molecule has 4 amide bonds. The van der Waals surface area contributed by atoms with Gasteiger partial charge in [0.15, 0.2) is 23.1 Å². The Bertz CT molecular complexity index is 2800. The zero-order valence-electron chi connectivity index (χ0n) is 42.7. The minimum atomic E-state index is -4.00. The molecule has 0 spiro atoms. The van der Waals surface area contributed by atoms with Crippen molar-refractivity contribution in [3.05, 3.63) is 115 Å². The molecule has 0 unspecified atom stereocenters. The number of unbranched alkanes of at least 4 members (excludes halogenated alkanes) is 1. The van der Waals surface area contributed by atoms with Crippen LogP contribution in [0.5, 0.6) is 11.5 Å². The fourth-order valence-corrected chi connectivity index (χ4v) is 13.7.